The van der Waals surface area contributed by atoms with Crippen LogP contribution >= 0.6 is 0 Å². The van der Waals surface area contributed by atoms with Crippen molar-refractivity contribution in [2.45, 2.75) is 45.4 Å². The molecule has 3 aliphatic rings. The molecule has 4 rings (SSSR count). The molecular weight excluding hydrogens is 358 g/mol. The number of likely N-dealkylation sites (tertiary alicyclic amines) is 1. The molecule has 7 nitrogen and oxygen atoms in total. The van der Waals surface area contributed by atoms with Gasteiger partial charge in [0, 0.05) is 50.8 Å². The minimum Gasteiger partial charge on any atom is -0.396 e. The number of carbonyl (C=O) groups excluding carboxylic acids is 1. The van der Waals surface area contributed by atoms with Gasteiger partial charge in [-0.1, -0.05) is 13.8 Å². The summed E-state index contributed by atoms with van der Waals surface area (Å²) in [6.07, 6.45) is 2.69. The Balaban J connectivity index is 1.59. The van der Waals surface area contributed by atoms with Crippen LogP contribution in [0.25, 0.3) is 0 Å². The standard InChI is InChI=1S/C21H31N3O4/c1-13(2)4-6-23-7-5-14(3)18(19(23)26)20(27)24-9-16-15(10-25)17-8-22-11-21(16,12-24)28-17/h5,7,13,15-17,22,25H,4,6,8-12H2,1-3H3/t15-,16+,17+,21+/m0/s1. The van der Waals surface area contributed by atoms with Crippen molar-refractivity contribution in [3.05, 3.63) is 33.7 Å². The fourth-order valence-corrected chi connectivity index (χ4v) is 5.11. The van der Waals surface area contributed by atoms with Gasteiger partial charge in [-0.25, -0.2) is 0 Å². The van der Waals surface area contributed by atoms with Gasteiger partial charge in [0.2, 0.25) is 0 Å². The van der Waals surface area contributed by atoms with E-state index >= 15 is 0 Å². The largest absolute Gasteiger partial charge is 0.396 e. The van der Waals surface area contributed by atoms with Gasteiger partial charge in [0.15, 0.2) is 0 Å². The average molecular weight is 389 g/mol. The molecule has 0 saturated carbocycles. The number of nitrogens with one attached hydrogen (secondary N) is 1. The molecule has 1 amide bonds. The van der Waals surface area contributed by atoms with E-state index in [1.165, 1.54) is 0 Å². The summed E-state index contributed by atoms with van der Waals surface area (Å²) in [7, 11) is 0. The number of nitrogens with zero attached hydrogens (tertiary/aromatic N) is 2. The van der Waals surface area contributed by atoms with Crippen molar-refractivity contribution in [3.8, 4) is 0 Å². The van der Waals surface area contributed by atoms with Crippen LogP contribution in [0.3, 0.4) is 0 Å². The lowest BCUT2D eigenvalue weighted by Gasteiger charge is -2.34. The molecule has 2 bridgehead atoms. The molecule has 3 aliphatic heterocycles. The number of ether oxygens (including phenoxy) is 1. The molecule has 7 heteroatoms. The summed E-state index contributed by atoms with van der Waals surface area (Å²) >= 11 is 0. The predicted octanol–water partition coefficient (Wildman–Crippen LogP) is 0.624. The second-order valence-electron chi connectivity index (χ2n) is 9.05. The van der Waals surface area contributed by atoms with Crippen LogP contribution in [0.5, 0.6) is 0 Å². The average Bonchev–Trinajstić information content (AvgIpc) is 3.09. The number of rotatable bonds is 5. The van der Waals surface area contributed by atoms with Gasteiger partial charge in [0.1, 0.15) is 11.2 Å². The molecule has 3 saturated heterocycles. The van der Waals surface area contributed by atoms with Crippen LogP contribution in [0.1, 0.15) is 36.2 Å². The quantitative estimate of drug-likeness (QED) is 0.772. The first-order valence-electron chi connectivity index (χ1n) is 10.3. The van der Waals surface area contributed by atoms with Gasteiger partial charge in [-0.05, 0) is 30.9 Å². The predicted molar refractivity (Wildman–Crippen MR) is 105 cm³/mol. The van der Waals surface area contributed by atoms with Gasteiger partial charge in [-0.2, -0.15) is 0 Å². The number of aromatic nitrogens is 1. The monoisotopic (exact) mass is 389 g/mol. The highest BCUT2D eigenvalue weighted by atomic mass is 16.5. The van der Waals surface area contributed by atoms with Crippen molar-refractivity contribution in [1.82, 2.24) is 14.8 Å². The zero-order chi connectivity index (χ0) is 20.1. The van der Waals surface area contributed by atoms with Crippen molar-refractivity contribution in [2.75, 3.05) is 32.8 Å². The number of morpholine rings is 1. The van der Waals surface area contributed by atoms with E-state index in [9.17, 15) is 14.7 Å². The molecular formula is C21H31N3O4. The zero-order valence-corrected chi connectivity index (χ0v) is 17.0. The van der Waals surface area contributed by atoms with Gasteiger partial charge in [0.25, 0.3) is 11.5 Å². The Morgan fingerprint density at radius 2 is 2.25 bits per heavy atom. The van der Waals surface area contributed by atoms with Crippen molar-refractivity contribution < 1.29 is 14.6 Å². The lowest BCUT2D eigenvalue weighted by atomic mass is 9.83. The normalized spacial score (nSPS) is 31.5. The van der Waals surface area contributed by atoms with E-state index < -0.39 is 5.60 Å². The fourth-order valence-electron chi connectivity index (χ4n) is 5.11. The molecule has 4 atom stereocenters. The number of amides is 1. The molecule has 2 N–H and O–H groups in total. The third kappa shape index (κ3) is 3.09. The number of pyridine rings is 1. The number of aliphatic hydroxyl groups excluding tert-OH is 1. The van der Waals surface area contributed by atoms with Gasteiger partial charge in [-0.3, -0.25) is 9.59 Å². The van der Waals surface area contributed by atoms with Gasteiger partial charge in [-0.15, -0.1) is 0 Å². The van der Waals surface area contributed by atoms with Crippen LogP contribution < -0.4 is 10.9 Å². The maximum Gasteiger partial charge on any atom is 0.263 e. The van der Waals surface area contributed by atoms with E-state index in [4.69, 9.17) is 4.74 Å². The Labute approximate surface area is 165 Å². The lowest BCUT2D eigenvalue weighted by Crippen LogP contribution is -2.52. The summed E-state index contributed by atoms with van der Waals surface area (Å²) in [6, 6.07) is 1.86. The third-order valence-electron chi connectivity index (χ3n) is 6.73. The zero-order valence-electron chi connectivity index (χ0n) is 17.0. The second-order valence-corrected chi connectivity index (χ2v) is 9.05. The lowest BCUT2D eigenvalue weighted by molar-refractivity contribution is -0.0726. The number of fused-ring (bicyclic) bond motifs is 1. The first-order chi connectivity index (χ1) is 13.4. The molecule has 0 aliphatic carbocycles. The number of aliphatic hydroxyl groups is 1. The molecule has 1 spiro atoms. The minimum absolute atomic E-state index is 0.00715. The van der Waals surface area contributed by atoms with Crippen LogP contribution in [-0.4, -0.2) is 65.0 Å². The molecule has 28 heavy (non-hydrogen) atoms. The van der Waals surface area contributed by atoms with E-state index in [0.29, 0.717) is 37.7 Å². The number of aryl methyl sites for hydroxylation is 2. The van der Waals surface area contributed by atoms with E-state index in [1.807, 2.05) is 13.0 Å². The van der Waals surface area contributed by atoms with Crippen LogP contribution in [-0.2, 0) is 11.3 Å². The number of carbonyl (C=O) groups is 1. The minimum atomic E-state index is -0.439. The maximum atomic E-state index is 13.3. The molecule has 1 aromatic rings. The van der Waals surface area contributed by atoms with E-state index in [0.717, 1.165) is 13.0 Å². The Bertz CT molecular complexity index is 820. The molecule has 0 radical (unpaired) electrons. The Kier molecular flexibility index (Phi) is 5.10. The van der Waals surface area contributed by atoms with Crippen molar-refractivity contribution >= 4 is 5.91 Å². The topological polar surface area (TPSA) is 83.8 Å². The van der Waals surface area contributed by atoms with Gasteiger partial charge >= 0.3 is 0 Å². The maximum absolute atomic E-state index is 13.3. The van der Waals surface area contributed by atoms with Crippen LogP contribution in [0.15, 0.2) is 17.1 Å². The highest BCUT2D eigenvalue weighted by Crippen LogP contribution is 2.47. The molecule has 1 aromatic heterocycles. The summed E-state index contributed by atoms with van der Waals surface area (Å²) in [5.74, 6) is 0.414. The Morgan fingerprint density at radius 1 is 1.46 bits per heavy atom. The third-order valence-corrected chi connectivity index (χ3v) is 6.73. The fraction of sp³-hybridized carbons (Fsp3) is 0.714. The first kappa shape index (κ1) is 19.6. The summed E-state index contributed by atoms with van der Waals surface area (Å²) in [5, 5.41) is 13.3. The second kappa shape index (κ2) is 7.28. The van der Waals surface area contributed by atoms with Crippen molar-refractivity contribution in [2.24, 2.45) is 17.8 Å². The molecule has 154 valence electrons. The molecule has 4 heterocycles. The SMILES string of the molecule is Cc1ccn(CCC(C)C)c(=O)c1C(=O)N1C[C@@H]2[C@H](CO)[C@H]3CNC[C@]2(C1)O3. The van der Waals surface area contributed by atoms with Crippen molar-refractivity contribution in [3.63, 3.8) is 0 Å². The van der Waals surface area contributed by atoms with E-state index in [1.54, 1.807) is 15.7 Å². The molecule has 0 aromatic carbocycles. The summed E-state index contributed by atoms with van der Waals surface area (Å²) in [4.78, 5) is 28.1. The van der Waals surface area contributed by atoms with Crippen LogP contribution in [0.4, 0.5) is 0 Å². The highest BCUT2D eigenvalue weighted by molar-refractivity contribution is 5.95. The highest BCUT2D eigenvalue weighted by Gasteiger charge is 2.61. The summed E-state index contributed by atoms with van der Waals surface area (Å²) < 4.78 is 7.93. The first-order valence-corrected chi connectivity index (χ1v) is 10.3. The number of hydrogen-bond acceptors (Lipinski definition) is 5. The Morgan fingerprint density at radius 3 is 2.96 bits per heavy atom. The smallest absolute Gasteiger partial charge is 0.263 e. The van der Waals surface area contributed by atoms with Crippen molar-refractivity contribution in [1.29, 1.82) is 0 Å². The molecule has 0 unspecified atom stereocenters. The summed E-state index contributed by atoms with van der Waals surface area (Å²) in [5.41, 5.74) is 0.332. The number of hydrogen-bond donors (Lipinski definition) is 2. The molecule has 3 fully saturated rings. The summed E-state index contributed by atoms with van der Waals surface area (Å²) in [6.45, 7) is 9.17. The van der Waals surface area contributed by atoms with Crippen LogP contribution in [0, 0.1) is 24.7 Å². The van der Waals surface area contributed by atoms with Gasteiger partial charge < -0.3 is 24.6 Å². The van der Waals surface area contributed by atoms with E-state index in [-0.39, 0.29) is 41.6 Å². The van der Waals surface area contributed by atoms with Gasteiger partial charge in [0.05, 0.1) is 12.6 Å². The Hall–Kier alpha value is -1.70. The van der Waals surface area contributed by atoms with Crippen LogP contribution in [0.2, 0.25) is 0 Å². The van der Waals surface area contributed by atoms with E-state index in [2.05, 4.69) is 19.2 Å².